The highest BCUT2D eigenvalue weighted by atomic mass is 32.1. The van der Waals surface area contributed by atoms with E-state index in [4.69, 9.17) is 16.9 Å². The zero-order chi connectivity index (χ0) is 40.3. The molecule has 292 valence electrons. The number of nitrogens with two attached hydrogens (primary N) is 1. The Labute approximate surface area is 338 Å². The first-order valence-corrected chi connectivity index (χ1v) is 19.5. The molecule has 1 aromatic heterocycles. The van der Waals surface area contributed by atoms with Crippen molar-refractivity contribution in [3.63, 3.8) is 0 Å². The average molecular weight is 793 g/mol. The van der Waals surface area contributed by atoms with Crippen molar-refractivity contribution in [3.8, 4) is 18.1 Å². The highest BCUT2D eigenvalue weighted by Crippen LogP contribution is 2.33. The van der Waals surface area contributed by atoms with Crippen molar-refractivity contribution in [1.82, 2.24) is 30.1 Å². The number of hydrogen-bond acceptors (Lipinski definition) is 9. The number of benzene rings is 5. The van der Waals surface area contributed by atoms with Crippen molar-refractivity contribution in [3.05, 3.63) is 131 Å². The van der Waals surface area contributed by atoms with Crippen LogP contribution in [0.15, 0.2) is 109 Å². The largest absolute Gasteiger partial charge is 0.497 e. The molecule has 2 aliphatic heterocycles. The number of rotatable bonds is 11. The van der Waals surface area contributed by atoms with Crippen LogP contribution in [0.4, 0.5) is 15.6 Å². The van der Waals surface area contributed by atoms with Gasteiger partial charge in [0.15, 0.2) is 5.13 Å². The normalized spacial score (nSPS) is 16.6. The van der Waals surface area contributed by atoms with Gasteiger partial charge in [0.2, 0.25) is 11.8 Å². The summed E-state index contributed by atoms with van der Waals surface area (Å²) in [5.41, 5.74) is 10.4. The molecular weight excluding hydrogens is 753 g/mol. The number of ether oxygens (including phenoxy) is 1. The Balaban J connectivity index is 1.06. The van der Waals surface area contributed by atoms with Crippen molar-refractivity contribution in [2.45, 2.75) is 31.7 Å². The molecule has 4 N–H and O–H groups in total. The van der Waals surface area contributed by atoms with Crippen molar-refractivity contribution in [2.24, 2.45) is 0 Å². The van der Waals surface area contributed by atoms with Crippen LogP contribution in [-0.2, 0) is 29.1 Å². The van der Waals surface area contributed by atoms with Gasteiger partial charge >= 0.3 is 6.03 Å². The van der Waals surface area contributed by atoms with E-state index in [1.807, 2.05) is 91.0 Å². The smallest absolute Gasteiger partial charge is 0.333 e. The van der Waals surface area contributed by atoms with E-state index in [0.717, 1.165) is 32.2 Å². The lowest BCUT2D eigenvalue weighted by Gasteiger charge is -2.46. The molecular formula is C44H40N8O5S. The predicted molar refractivity (Wildman–Crippen MR) is 223 cm³/mol. The summed E-state index contributed by atoms with van der Waals surface area (Å²) in [5, 5.41) is 11.2. The number of anilines is 2. The fourth-order valence-corrected chi connectivity index (χ4v) is 8.48. The number of fused-ring (bicyclic) bond motifs is 3. The minimum Gasteiger partial charge on any atom is -0.497 e. The summed E-state index contributed by atoms with van der Waals surface area (Å²) < 4.78 is 6.15. The molecule has 0 spiro atoms. The van der Waals surface area contributed by atoms with Crippen molar-refractivity contribution >= 4 is 66.9 Å². The standard InChI is InChI=1S/C44H40N8O5S/c1-3-22-50(44(56)46-24-29-16-20-33(57-2)21-17-29)51-27-39(53)52-36(42(55)49(26-38(51)52)25-31-10-7-13-37-40(31)48-43(45)58-37)23-28-14-18-32(19-15-28)47-41(54)35-12-6-9-30-8-4-5-11-34(30)35/h1,4-21,36,38H,22-27H2,2H3,(H2,45,48)(H,46,56)(H,47,54)/t36-,38+/m0/s1. The lowest BCUT2D eigenvalue weighted by Crippen LogP contribution is -2.66. The van der Waals surface area contributed by atoms with Crippen molar-refractivity contribution < 1.29 is 23.9 Å². The average Bonchev–Trinajstić information content (AvgIpc) is 3.79. The van der Waals surface area contributed by atoms with Gasteiger partial charge < -0.3 is 30.9 Å². The maximum atomic E-state index is 14.6. The van der Waals surface area contributed by atoms with Gasteiger partial charge in [0.05, 0.1) is 37.0 Å². The summed E-state index contributed by atoms with van der Waals surface area (Å²) in [6.45, 7) is 0.279. The van der Waals surface area contributed by atoms with Crippen molar-refractivity contribution in [2.75, 3.05) is 37.8 Å². The number of hydrogen-bond donors (Lipinski definition) is 3. The zero-order valence-electron chi connectivity index (χ0n) is 31.6. The molecule has 58 heavy (non-hydrogen) atoms. The molecule has 2 fully saturated rings. The molecule has 0 radical (unpaired) electrons. The number of para-hydroxylation sites is 1. The molecule has 2 aliphatic rings. The molecule has 2 saturated heterocycles. The lowest BCUT2D eigenvalue weighted by atomic mass is 9.99. The minimum atomic E-state index is -0.901. The van der Waals surface area contributed by atoms with Crippen LogP contribution in [-0.4, -0.2) is 87.5 Å². The third-order valence-corrected chi connectivity index (χ3v) is 11.4. The van der Waals surface area contributed by atoms with Crippen molar-refractivity contribution in [1.29, 1.82) is 0 Å². The van der Waals surface area contributed by atoms with Crippen LogP contribution in [0.3, 0.4) is 0 Å². The van der Waals surface area contributed by atoms with Crippen LogP contribution in [0, 0.1) is 12.3 Å². The van der Waals surface area contributed by atoms with Crippen LogP contribution in [0.25, 0.3) is 21.0 Å². The van der Waals surface area contributed by atoms with Gasteiger partial charge in [-0.2, -0.15) is 5.01 Å². The third-order valence-electron chi connectivity index (χ3n) is 10.5. The van der Waals surface area contributed by atoms with Crippen LogP contribution in [0.1, 0.15) is 27.0 Å². The van der Waals surface area contributed by atoms with Crippen LogP contribution < -0.4 is 21.1 Å². The van der Waals surface area contributed by atoms with E-state index >= 15 is 0 Å². The Morgan fingerprint density at radius 1 is 0.966 bits per heavy atom. The molecule has 5 aromatic carbocycles. The van der Waals surface area contributed by atoms with Gasteiger partial charge in [0.1, 0.15) is 18.0 Å². The molecule has 0 unspecified atom stereocenters. The van der Waals surface area contributed by atoms with E-state index in [1.165, 1.54) is 16.3 Å². The van der Waals surface area contributed by atoms with Crippen LogP contribution in [0.2, 0.25) is 0 Å². The molecule has 14 heteroatoms. The summed E-state index contributed by atoms with van der Waals surface area (Å²) in [4.78, 5) is 63.6. The third kappa shape index (κ3) is 7.60. The topological polar surface area (TPSA) is 153 Å². The monoisotopic (exact) mass is 792 g/mol. The molecule has 0 aliphatic carbocycles. The molecule has 0 bridgehead atoms. The molecule has 3 heterocycles. The Morgan fingerprint density at radius 2 is 1.71 bits per heavy atom. The zero-order valence-corrected chi connectivity index (χ0v) is 32.4. The Hall–Kier alpha value is -6.95. The summed E-state index contributed by atoms with van der Waals surface area (Å²) in [7, 11) is 1.58. The van der Waals surface area contributed by atoms with E-state index in [-0.39, 0.29) is 56.9 Å². The first-order chi connectivity index (χ1) is 28.2. The quantitative estimate of drug-likeness (QED) is 0.146. The van der Waals surface area contributed by atoms with Gasteiger partial charge in [-0.3, -0.25) is 14.4 Å². The number of urea groups is 1. The van der Waals surface area contributed by atoms with Gasteiger partial charge in [0.25, 0.3) is 5.91 Å². The number of amides is 5. The van der Waals surface area contributed by atoms with Gasteiger partial charge in [-0.05, 0) is 63.9 Å². The maximum absolute atomic E-state index is 14.6. The fraction of sp³-hybridized carbons (Fsp3) is 0.205. The summed E-state index contributed by atoms with van der Waals surface area (Å²) in [5.74, 6) is 2.47. The summed E-state index contributed by atoms with van der Waals surface area (Å²) in [6, 6.07) is 32.3. The molecule has 0 saturated carbocycles. The molecule has 8 rings (SSSR count). The minimum absolute atomic E-state index is 0.103. The van der Waals surface area contributed by atoms with Gasteiger partial charge in [-0.15, -0.1) is 6.42 Å². The Morgan fingerprint density at radius 3 is 2.48 bits per heavy atom. The number of terminal acetylenes is 1. The Bertz CT molecular complexity index is 2560. The second-order valence-electron chi connectivity index (χ2n) is 14.1. The predicted octanol–water partition coefficient (Wildman–Crippen LogP) is 5.48. The SMILES string of the molecule is C#CCN(C(=O)NCc1ccc(OC)cc1)N1CC(=O)N2[C@@H](Cc3ccc(NC(=O)c4cccc5ccccc45)cc3)C(=O)N(Cc3cccc4sc(N)nc34)C[C@@H]21. The molecule has 13 nitrogen and oxygen atoms in total. The number of piperazine rings is 1. The summed E-state index contributed by atoms with van der Waals surface area (Å²) >= 11 is 1.37. The Kier molecular flexibility index (Phi) is 10.6. The van der Waals surface area contributed by atoms with Crippen LogP contribution in [0.5, 0.6) is 5.75 Å². The number of carbonyl (C=O) groups excluding carboxylic acids is 4. The summed E-state index contributed by atoms with van der Waals surface area (Å²) in [6.07, 6.45) is 5.28. The van der Waals surface area contributed by atoms with E-state index in [9.17, 15) is 19.2 Å². The number of aromatic nitrogens is 1. The molecule has 5 amide bonds. The van der Waals surface area contributed by atoms with E-state index in [1.54, 1.807) is 40.1 Å². The van der Waals surface area contributed by atoms with Crippen LogP contribution >= 0.6 is 11.3 Å². The second-order valence-corrected chi connectivity index (χ2v) is 15.1. The number of nitrogens with one attached hydrogen (secondary N) is 2. The number of nitrogens with zero attached hydrogens (tertiary/aromatic N) is 5. The molecule has 2 atom stereocenters. The molecule has 6 aromatic rings. The number of methoxy groups -OCH3 is 1. The van der Waals surface area contributed by atoms with Gasteiger partial charge in [-0.25, -0.2) is 14.8 Å². The van der Waals surface area contributed by atoms with Gasteiger partial charge in [-0.1, -0.05) is 90.1 Å². The number of nitrogen functional groups attached to an aromatic ring is 1. The van der Waals surface area contributed by atoms with E-state index in [2.05, 4.69) is 21.5 Å². The first kappa shape index (κ1) is 37.9. The number of carbonyl (C=O) groups is 4. The lowest BCUT2D eigenvalue weighted by molar-refractivity contribution is -0.157. The highest BCUT2D eigenvalue weighted by molar-refractivity contribution is 7.22. The van der Waals surface area contributed by atoms with Gasteiger partial charge in [0, 0.05) is 30.8 Å². The fourth-order valence-electron chi connectivity index (χ4n) is 7.69. The second kappa shape index (κ2) is 16.3. The first-order valence-electron chi connectivity index (χ1n) is 18.7. The highest BCUT2D eigenvalue weighted by Gasteiger charge is 2.52. The number of hydrazine groups is 1. The number of thiazole rings is 1. The van der Waals surface area contributed by atoms with E-state index < -0.39 is 18.2 Å². The van der Waals surface area contributed by atoms with E-state index in [0.29, 0.717) is 27.6 Å². The maximum Gasteiger partial charge on any atom is 0.333 e.